The van der Waals surface area contributed by atoms with Crippen LogP contribution in [0.25, 0.3) is 0 Å². The van der Waals surface area contributed by atoms with Gasteiger partial charge in [-0.3, -0.25) is 0 Å². The van der Waals surface area contributed by atoms with Gasteiger partial charge >= 0.3 is 6.09 Å². The third kappa shape index (κ3) is 10.1. The van der Waals surface area contributed by atoms with Crippen molar-refractivity contribution in [2.24, 2.45) is 5.92 Å². The second-order valence-electron chi connectivity index (χ2n) is 7.44. The van der Waals surface area contributed by atoms with Crippen LogP contribution < -0.4 is 0 Å². The van der Waals surface area contributed by atoms with Gasteiger partial charge in [0.15, 0.2) is 0 Å². The van der Waals surface area contributed by atoms with E-state index in [0.717, 1.165) is 19.4 Å². The largest absolute Gasteiger partial charge is 0.444 e. The molecule has 0 aromatic rings. The summed E-state index contributed by atoms with van der Waals surface area (Å²) >= 11 is 0. The molecule has 0 aromatic heterocycles. The predicted molar refractivity (Wildman–Crippen MR) is 83.0 cm³/mol. The lowest BCUT2D eigenvalue weighted by Gasteiger charge is -2.29. The molecular weight excluding hydrogens is 254 g/mol. The van der Waals surface area contributed by atoms with E-state index in [1.807, 2.05) is 20.8 Å². The van der Waals surface area contributed by atoms with E-state index in [9.17, 15) is 4.79 Å². The molecule has 0 saturated carbocycles. The number of rotatable bonds is 7. The maximum atomic E-state index is 11.8. The summed E-state index contributed by atoms with van der Waals surface area (Å²) in [6.07, 6.45) is 1.57. The Morgan fingerprint density at radius 2 is 1.70 bits per heavy atom. The van der Waals surface area contributed by atoms with Crippen LogP contribution in [-0.2, 0) is 9.47 Å². The van der Waals surface area contributed by atoms with E-state index < -0.39 is 5.60 Å². The van der Waals surface area contributed by atoms with Crippen LogP contribution in [0, 0.1) is 5.92 Å². The van der Waals surface area contributed by atoms with Crippen molar-refractivity contribution < 1.29 is 14.3 Å². The van der Waals surface area contributed by atoms with Crippen LogP contribution in [0.3, 0.4) is 0 Å². The summed E-state index contributed by atoms with van der Waals surface area (Å²) in [5.41, 5.74) is -0.667. The average Bonchev–Trinajstić information content (AvgIpc) is 2.22. The van der Waals surface area contributed by atoms with Crippen LogP contribution in [0.4, 0.5) is 4.79 Å². The van der Waals surface area contributed by atoms with Crippen molar-refractivity contribution in [1.82, 2.24) is 4.90 Å². The van der Waals surface area contributed by atoms with Crippen molar-refractivity contribution >= 4 is 6.09 Å². The third-order valence-corrected chi connectivity index (χ3v) is 2.94. The molecule has 4 nitrogen and oxygen atoms in total. The quantitative estimate of drug-likeness (QED) is 0.708. The third-order valence-electron chi connectivity index (χ3n) is 2.94. The first-order valence-corrected chi connectivity index (χ1v) is 7.51. The molecule has 0 aliphatic carbocycles. The highest BCUT2D eigenvalue weighted by molar-refractivity contribution is 5.67. The number of hydrogen-bond acceptors (Lipinski definition) is 3. The normalized spacial score (nSPS) is 12.7. The molecule has 0 unspecified atom stereocenters. The van der Waals surface area contributed by atoms with Crippen molar-refractivity contribution in [1.29, 1.82) is 0 Å². The van der Waals surface area contributed by atoms with Gasteiger partial charge in [0.1, 0.15) is 5.60 Å². The molecule has 4 heteroatoms. The molecule has 0 aliphatic rings. The fourth-order valence-electron chi connectivity index (χ4n) is 1.51. The second kappa shape index (κ2) is 7.87. The standard InChI is InChI=1S/C16H33NO3/c1-13(2)9-12-19-16(6,7)10-11-17(8)14(18)20-15(3,4)5/h13H,9-12H2,1-8H3. The van der Waals surface area contributed by atoms with Crippen molar-refractivity contribution in [2.45, 2.75) is 72.5 Å². The molecule has 0 saturated heterocycles. The van der Waals surface area contributed by atoms with E-state index in [4.69, 9.17) is 9.47 Å². The van der Waals surface area contributed by atoms with Gasteiger partial charge in [-0.25, -0.2) is 4.79 Å². The highest BCUT2D eigenvalue weighted by atomic mass is 16.6. The number of ether oxygens (including phenoxy) is 2. The van der Waals surface area contributed by atoms with Gasteiger partial charge in [0.25, 0.3) is 0 Å². The molecule has 20 heavy (non-hydrogen) atoms. The Morgan fingerprint density at radius 1 is 1.15 bits per heavy atom. The Hall–Kier alpha value is -0.770. The summed E-state index contributed by atoms with van der Waals surface area (Å²) in [7, 11) is 1.76. The van der Waals surface area contributed by atoms with Crippen molar-refractivity contribution in [3.8, 4) is 0 Å². The first kappa shape index (κ1) is 19.2. The van der Waals surface area contributed by atoms with E-state index in [-0.39, 0.29) is 11.7 Å². The van der Waals surface area contributed by atoms with Gasteiger partial charge < -0.3 is 14.4 Å². The van der Waals surface area contributed by atoms with Gasteiger partial charge in [0.05, 0.1) is 5.60 Å². The van der Waals surface area contributed by atoms with Crippen LogP contribution in [0.5, 0.6) is 0 Å². The number of amides is 1. The van der Waals surface area contributed by atoms with E-state index in [1.54, 1.807) is 11.9 Å². The Bertz CT molecular complexity index is 293. The van der Waals surface area contributed by atoms with E-state index in [2.05, 4.69) is 27.7 Å². The lowest BCUT2D eigenvalue weighted by Crippen LogP contribution is -2.38. The summed E-state index contributed by atoms with van der Waals surface area (Å²) < 4.78 is 11.2. The summed E-state index contributed by atoms with van der Waals surface area (Å²) in [6.45, 7) is 15.5. The summed E-state index contributed by atoms with van der Waals surface area (Å²) in [6, 6.07) is 0. The Labute approximate surface area is 124 Å². The number of hydrogen-bond donors (Lipinski definition) is 0. The zero-order chi connectivity index (χ0) is 16.0. The molecule has 0 spiro atoms. The molecule has 1 amide bonds. The molecule has 0 bridgehead atoms. The molecule has 0 radical (unpaired) electrons. The van der Waals surface area contributed by atoms with Crippen molar-refractivity contribution in [3.05, 3.63) is 0 Å². The van der Waals surface area contributed by atoms with Crippen LogP contribution in [0.1, 0.15) is 61.3 Å². The Kier molecular flexibility index (Phi) is 7.56. The Balaban J connectivity index is 4.08. The van der Waals surface area contributed by atoms with Crippen LogP contribution in [0.2, 0.25) is 0 Å². The molecule has 0 heterocycles. The van der Waals surface area contributed by atoms with Crippen LogP contribution >= 0.6 is 0 Å². The van der Waals surface area contributed by atoms with Crippen molar-refractivity contribution in [2.75, 3.05) is 20.2 Å². The second-order valence-corrected chi connectivity index (χ2v) is 7.44. The summed E-state index contributed by atoms with van der Waals surface area (Å²) in [4.78, 5) is 13.5. The first-order valence-electron chi connectivity index (χ1n) is 7.51. The lowest BCUT2D eigenvalue weighted by molar-refractivity contribution is -0.0336. The Morgan fingerprint density at radius 3 is 2.15 bits per heavy atom. The zero-order valence-corrected chi connectivity index (χ0v) is 14.6. The van der Waals surface area contributed by atoms with Gasteiger partial charge in [0, 0.05) is 20.2 Å². The molecule has 0 aromatic carbocycles. The minimum Gasteiger partial charge on any atom is -0.444 e. The number of carbonyl (C=O) groups is 1. The van der Waals surface area contributed by atoms with Crippen LogP contribution in [-0.4, -0.2) is 42.4 Å². The molecule has 0 rings (SSSR count). The lowest BCUT2D eigenvalue weighted by atomic mass is 10.0. The van der Waals surface area contributed by atoms with Gasteiger partial charge in [0.2, 0.25) is 0 Å². The van der Waals surface area contributed by atoms with Gasteiger partial charge in [-0.05, 0) is 53.4 Å². The highest BCUT2D eigenvalue weighted by Crippen LogP contribution is 2.17. The SMILES string of the molecule is CC(C)CCOC(C)(C)CCN(C)C(=O)OC(C)(C)C. The smallest absolute Gasteiger partial charge is 0.410 e. The van der Waals surface area contributed by atoms with E-state index >= 15 is 0 Å². The minimum absolute atomic E-state index is 0.217. The summed E-state index contributed by atoms with van der Waals surface area (Å²) in [5.74, 6) is 0.648. The molecule has 0 atom stereocenters. The molecule has 0 aliphatic heterocycles. The predicted octanol–water partition coefficient (Wildman–Crippen LogP) is 4.08. The maximum Gasteiger partial charge on any atom is 0.410 e. The molecular formula is C16H33NO3. The van der Waals surface area contributed by atoms with Gasteiger partial charge in [-0.2, -0.15) is 0 Å². The van der Waals surface area contributed by atoms with Gasteiger partial charge in [-0.1, -0.05) is 13.8 Å². The number of nitrogens with zero attached hydrogens (tertiary/aromatic N) is 1. The maximum absolute atomic E-state index is 11.8. The fraction of sp³-hybridized carbons (Fsp3) is 0.938. The van der Waals surface area contributed by atoms with Crippen LogP contribution in [0.15, 0.2) is 0 Å². The van der Waals surface area contributed by atoms with E-state index in [1.165, 1.54) is 0 Å². The van der Waals surface area contributed by atoms with Crippen molar-refractivity contribution in [3.63, 3.8) is 0 Å². The topological polar surface area (TPSA) is 38.8 Å². The monoisotopic (exact) mass is 287 g/mol. The zero-order valence-electron chi connectivity index (χ0n) is 14.6. The number of carbonyl (C=O) groups excluding carboxylic acids is 1. The summed E-state index contributed by atoms with van der Waals surface area (Å²) in [5, 5.41) is 0. The molecule has 120 valence electrons. The molecule has 0 fully saturated rings. The average molecular weight is 287 g/mol. The van der Waals surface area contributed by atoms with E-state index in [0.29, 0.717) is 12.5 Å². The molecule has 0 N–H and O–H groups in total. The minimum atomic E-state index is -0.450. The highest BCUT2D eigenvalue weighted by Gasteiger charge is 2.23. The first-order chi connectivity index (χ1) is 8.93. The fourth-order valence-corrected chi connectivity index (χ4v) is 1.51. The van der Waals surface area contributed by atoms with Gasteiger partial charge in [-0.15, -0.1) is 0 Å².